The van der Waals surface area contributed by atoms with Crippen LogP contribution in [-0.4, -0.2) is 55.1 Å². The highest BCUT2D eigenvalue weighted by atomic mass is 15.2. The van der Waals surface area contributed by atoms with Crippen molar-refractivity contribution in [3.8, 4) is 0 Å². The standard InChI is InChI=1S/C14H31N3/c1-12-11-16(5)8-6-9-17(12)10-7-13(15)14(2,3)4/h12-13H,6-11,15H2,1-5H3. The van der Waals surface area contributed by atoms with Crippen LogP contribution < -0.4 is 5.73 Å². The number of nitrogens with zero attached hydrogens (tertiary/aromatic N) is 2. The zero-order valence-electron chi connectivity index (χ0n) is 12.4. The summed E-state index contributed by atoms with van der Waals surface area (Å²) in [5.74, 6) is 0. The monoisotopic (exact) mass is 241 g/mol. The Hall–Kier alpha value is -0.120. The largest absolute Gasteiger partial charge is 0.327 e. The van der Waals surface area contributed by atoms with Crippen LogP contribution in [0.25, 0.3) is 0 Å². The molecule has 0 radical (unpaired) electrons. The minimum Gasteiger partial charge on any atom is -0.327 e. The van der Waals surface area contributed by atoms with E-state index in [1.165, 1.54) is 26.1 Å². The molecule has 1 fully saturated rings. The molecule has 0 aromatic heterocycles. The fourth-order valence-electron chi connectivity index (χ4n) is 2.49. The van der Waals surface area contributed by atoms with Crippen molar-refractivity contribution in [2.24, 2.45) is 11.1 Å². The van der Waals surface area contributed by atoms with Crippen LogP contribution in [0.5, 0.6) is 0 Å². The van der Waals surface area contributed by atoms with E-state index in [9.17, 15) is 0 Å². The van der Waals surface area contributed by atoms with Gasteiger partial charge >= 0.3 is 0 Å². The molecule has 3 heteroatoms. The Morgan fingerprint density at radius 3 is 2.53 bits per heavy atom. The summed E-state index contributed by atoms with van der Waals surface area (Å²) in [6.45, 7) is 13.8. The number of hydrogen-bond acceptors (Lipinski definition) is 3. The Labute approximate surface area is 107 Å². The van der Waals surface area contributed by atoms with Crippen LogP contribution in [0.1, 0.15) is 40.5 Å². The van der Waals surface area contributed by atoms with E-state index < -0.39 is 0 Å². The molecule has 0 bridgehead atoms. The molecule has 17 heavy (non-hydrogen) atoms. The fourth-order valence-corrected chi connectivity index (χ4v) is 2.49. The van der Waals surface area contributed by atoms with Crippen molar-refractivity contribution in [3.05, 3.63) is 0 Å². The van der Waals surface area contributed by atoms with E-state index in [4.69, 9.17) is 5.73 Å². The average Bonchev–Trinajstić information content (AvgIpc) is 2.34. The molecule has 1 aliphatic heterocycles. The molecule has 0 saturated carbocycles. The van der Waals surface area contributed by atoms with Crippen molar-refractivity contribution in [1.29, 1.82) is 0 Å². The van der Waals surface area contributed by atoms with Gasteiger partial charge in [0.25, 0.3) is 0 Å². The highest BCUT2D eigenvalue weighted by Gasteiger charge is 2.24. The first kappa shape index (κ1) is 14.9. The van der Waals surface area contributed by atoms with Crippen LogP contribution in [0.15, 0.2) is 0 Å². The molecule has 2 N–H and O–H groups in total. The van der Waals surface area contributed by atoms with Gasteiger partial charge in [0, 0.05) is 18.6 Å². The fraction of sp³-hybridized carbons (Fsp3) is 1.00. The molecule has 0 aromatic carbocycles. The second-order valence-corrected chi connectivity index (χ2v) is 6.76. The van der Waals surface area contributed by atoms with Crippen molar-refractivity contribution in [1.82, 2.24) is 9.80 Å². The minimum absolute atomic E-state index is 0.228. The van der Waals surface area contributed by atoms with Gasteiger partial charge in [0.15, 0.2) is 0 Å². The summed E-state index contributed by atoms with van der Waals surface area (Å²) in [7, 11) is 2.22. The van der Waals surface area contributed by atoms with Gasteiger partial charge in [0.05, 0.1) is 0 Å². The van der Waals surface area contributed by atoms with Crippen LogP contribution in [0.3, 0.4) is 0 Å². The zero-order chi connectivity index (χ0) is 13.1. The van der Waals surface area contributed by atoms with Gasteiger partial charge in [-0.15, -0.1) is 0 Å². The summed E-state index contributed by atoms with van der Waals surface area (Å²) < 4.78 is 0. The predicted molar refractivity (Wildman–Crippen MR) is 75.2 cm³/mol. The summed E-state index contributed by atoms with van der Waals surface area (Å²) in [6.07, 6.45) is 2.39. The molecule has 1 aliphatic rings. The van der Waals surface area contributed by atoms with Gasteiger partial charge in [-0.1, -0.05) is 20.8 Å². The minimum atomic E-state index is 0.228. The molecule has 2 unspecified atom stereocenters. The smallest absolute Gasteiger partial charge is 0.0194 e. The molecule has 0 aliphatic carbocycles. The van der Waals surface area contributed by atoms with Crippen molar-refractivity contribution in [3.63, 3.8) is 0 Å². The molecule has 2 atom stereocenters. The second-order valence-electron chi connectivity index (χ2n) is 6.76. The van der Waals surface area contributed by atoms with Crippen LogP contribution in [-0.2, 0) is 0 Å². The Balaban J connectivity index is 2.40. The maximum absolute atomic E-state index is 6.24. The highest BCUT2D eigenvalue weighted by Crippen LogP contribution is 2.20. The van der Waals surface area contributed by atoms with Crippen molar-refractivity contribution < 1.29 is 0 Å². The third kappa shape index (κ3) is 4.94. The molecule has 3 nitrogen and oxygen atoms in total. The first-order valence-electron chi connectivity index (χ1n) is 6.99. The van der Waals surface area contributed by atoms with E-state index in [-0.39, 0.29) is 5.41 Å². The lowest BCUT2D eigenvalue weighted by Gasteiger charge is -2.32. The van der Waals surface area contributed by atoms with Gasteiger partial charge in [-0.3, -0.25) is 4.90 Å². The number of nitrogens with two attached hydrogens (primary N) is 1. The molecular formula is C14H31N3. The van der Waals surface area contributed by atoms with Crippen LogP contribution in [0, 0.1) is 5.41 Å². The normalized spacial score (nSPS) is 26.8. The average molecular weight is 241 g/mol. The molecule has 102 valence electrons. The van der Waals surface area contributed by atoms with Gasteiger partial charge in [0.2, 0.25) is 0 Å². The number of rotatable bonds is 3. The summed E-state index contributed by atoms with van der Waals surface area (Å²) in [6, 6.07) is 0.963. The van der Waals surface area contributed by atoms with E-state index in [0.717, 1.165) is 13.0 Å². The Morgan fingerprint density at radius 2 is 1.94 bits per heavy atom. The summed E-state index contributed by atoms with van der Waals surface area (Å²) >= 11 is 0. The van der Waals surface area contributed by atoms with Gasteiger partial charge in [-0.25, -0.2) is 0 Å². The number of hydrogen-bond donors (Lipinski definition) is 1. The van der Waals surface area contributed by atoms with Gasteiger partial charge in [-0.05, 0) is 51.9 Å². The van der Waals surface area contributed by atoms with E-state index >= 15 is 0 Å². The third-order valence-corrected chi connectivity index (χ3v) is 4.02. The van der Waals surface area contributed by atoms with Gasteiger partial charge in [0.1, 0.15) is 0 Å². The lowest BCUT2D eigenvalue weighted by Crippen LogP contribution is -2.43. The van der Waals surface area contributed by atoms with Crippen LogP contribution >= 0.6 is 0 Å². The van der Waals surface area contributed by atoms with E-state index in [2.05, 4.69) is 44.5 Å². The SMILES string of the molecule is CC1CN(C)CCCN1CCC(N)C(C)(C)C. The van der Waals surface area contributed by atoms with Crippen molar-refractivity contribution in [2.45, 2.75) is 52.6 Å². The number of likely N-dealkylation sites (N-methyl/N-ethyl adjacent to an activating group) is 1. The molecule has 1 saturated heterocycles. The van der Waals surface area contributed by atoms with Crippen molar-refractivity contribution >= 4 is 0 Å². The molecule has 1 rings (SSSR count). The third-order valence-electron chi connectivity index (χ3n) is 4.02. The first-order valence-corrected chi connectivity index (χ1v) is 6.99. The second kappa shape index (κ2) is 6.17. The maximum Gasteiger partial charge on any atom is 0.0194 e. The van der Waals surface area contributed by atoms with E-state index in [1.807, 2.05) is 0 Å². The quantitative estimate of drug-likeness (QED) is 0.817. The summed E-state index contributed by atoms with van der Waals surface area (Å²) in [4.78, 5) is 5.05. The molecule has 0 spiro atoms. The topological polar surface area (TPSA) is 32.5 Å². The predicted octanol–water partition coefficient (Wildman–Crippen LogP) is 1.78. The van der Waals surface area contributed by atoms with Crippen LogP contribution in [0.4, 0.5) is 0 Å². The molecular weight excluding hydrogens is 210 g/mol. The van der Waals surface area contributed by atoms with Gasteiger partial charge in [-0.2, -0.15) is 0 Å². The van der Waals surface area contributed by atoms with Crippen LogP contribution in [0.2, 0.25) is 0 Å². The highest BCUT2D eigenvalue weighted by molar-refractivity contribution is 4.81. The zero-order valence-corrected chi connectivity index (χ0v) is 12.4. The Kier molecular flexibility index (Phi) is 5.42. The Bertz CT molecular complexity index is 222. The summed E-state index contributed by atoms with van der Waals surface area (Å²) in [5, 5.41) is 0. The molecule has 0 aromatic rings. The van der Waals surface area contributed by atoms with E-state index in [0.29, 0.717) is 12.1 Å². The lowest BCUT2D eigenvalue weighted by molar-refractivity contribution is 0.180. The van der Waals surface area contributed by atoms with E-state index in [1.54, 1.807) is 0 Å². The lowest BCUT2D eigenvalue weighted by atomic mass is 9.85. The van der Waals surface area contributed by atoms with Crippen molar-refractivity contribution in [2.75, 3.05) is 33.2 Å². The molecule has 0 amide bonds. The first-order chi connectivity index (χ1) is 7.80. The summed E-state index contributed by atoms with van der Waals surface area (Å²) in [5.41, 5.74) is 6.47. The maximum atomic E-state index is 6.24. The molecule has 1 heterocycles. The van der Waals surface area contributed by atoms with Gasteiger partial charge < -0.3 is 10.6 Å². The Morgan fingerprint density at radius 1 is 1.29 bits per heavy atom.